The Morgan fingerprint density at radius 1 is 0.923 bits per heavy atom. The van der Waals surface area contributed by atoms with Crippen LogP contribution in [0.4, 0.5) is 0 Å². The van der Waals surface area contributed by atoms with Gasteiger partial charge in [0, 0.05) is 32.7 Å². The molecule has 6 heteroatoms. The molecule has 26 heavy (non-hydrogen) atoms. The van der Waals surface area contributed by atoms with E-state index >= 15 is 0 Å². The molecule has 1 unspecified atom stereocenters. The second-order valence-electron chi connectivity index (χ2n) is 6.87. The van der Waals surface area contributed by atoms with Crippen molar-refractivity contribution in [2.75, 3.05) is 26.9 Å². The largest absolute Gasteiger partial charge is 0.469 e. The summed E-state index contributed by atoms with van der Waals surface area (Å²) in [6.45, 7) is 8.36. The van der Waals surface area contributed by atoms with E-state index < -0.39 is 0 Å². The Hall–Kier alpha value is -0.690. The highest BCUT2D eigenvalue weighted by Crippen LogP contribution is 2.26. The summed E-state index contributed by atoms with van der Waals surface area (Å²) in [6.07, 6.45) is 6.62. The fraction of sp³-hybridized carbons (Fsp3) is 0.950. The second-order valence-corrected chi connectivity index (χ2v) is 6.87. The molecule has 1 fully saturated rings. The Morgan fingerprint density at radius 2 is 1.54 bits per heavy atom. The van der Waals surface area contributed by atoms with Crippen molar-refractivity contribution in [3.05, 3.63) is 0 Å². The average Bonchev–Trinajstić information content (AvgIpc) is 2.64. The number of ether oxygens (including phenoxy) is 5. The maximum atomic E-state index is 11.1. The SMILES string of the molecule is CCCCO[C@H]1C[C@@H](OCCCC)C(C)O[C@H]1OCCCCC(=O)OC. The first-order chi connectivity index (χ1) is 12.6. The number of rotatable bonds is 14. The van der Waals surface area contributed by atoms with Crippen molar-refractivity contribution in [1.29, 1.82) is 0 Å². The molecule has 0 amide bonds. The van der Waals surface area contributed by atoms with Crippen LogP contribution in [-0.4, -0.2) is 57.5 Å². The molecule has 6 nitrogen and oxygen atoms in total. The van der Waals surface area contributed by atoms with Crippen molar-refractivity contribution >= 4 is 5.97 Å². The summed E-state index contributed by atoms with van der Waals surface area (Å²) in [5.41, 5.74) is 0. The van der Waals surface area contributed by atoms with E-state index in [4.69, 9.17) is 18.9 Å². The molecular weight excluding hydrogens is 336 g/mol. The molecule has 1 heterocycles. The molecule has 0 bridgehead atoms. The zero-order chi connectivity index (χ0) is 19.2. The molecule has 0 aromatic rings. The number of hydrogen-bond donors (Lipinski definition) is 0. The zero-order valence-electron chi connectivity index (χ0n) is 17.0. The molecule has 0 aliphatic carbocycles. The quantitative estimate of drug-likeness (QED) is 0.340. The molecule has 0 N–H and O–H groups in total. The van der Waals surface area contributed by atoms with Crippen molar-refractivity contribution in [3.63, 3.8) is 0 Å². The van der Waals surface area contributed by atoms with Crippen LogP contribution in [-0.2, 0) is 28.5 Å². The fourth-order valence-corrected chi connectivity index (χ4v) is 2.85. The lowest BCUT2D eigenvalue weighted by Gasteiger charge is -2.39. The molecular formula is C20H38O6. The van der Waals surface area contributed by atoms with Crippen LogP contribution in [0, 0.1) is 0 Å². The molecule has 154 valence electrons. The fourth-order valence-electron chi connectivity index (χ4n) is 2.85. The molecule has 1 rings (SSSR count). The highest BCUT2D eigenvalue weighted by Gasteiger charge is 2.37. The standard InChI is InChI=1S/C20H38O6/c1-5-7-12-23-17-15-18(24-13-8-6-2)20(26-16(17)3)25-14-10-9-11-19(21)22-4/h16-18,20H,5-15H2,1-4H3/t16?,17-,18+,20-/m1/s1. The van der Waals surface area contributed by atoms with E-state index in [1.54, 1.807) is 0 Å². The van der Waals surface area contributed by atoms with Crippen molar-refractivity contribution in [2.45, 2.75) is 96.7 Å². The van der Waals surface area contributed by atoms with Gasteiger partial charge in [-0.3, -0.25) is 4.79 Å². The van der Waals surface area contributed by atoms with Gasteiger partial charge in [0.05, 0.1) is 19.3 Å². The lowest BCUT2D eigenvalue weighted by Crippen LogP contribution is -2.49. The highest BCUT2D eigenvalue weighted by molar-refractivity contribution is 5.68. The zero-order valence-corrected chi connectivity index (χ0v) is 17.0. The third kappa shape index (κ3) is 9.31. The lowest BCUT2D eigenvalue weighted by molar-refractivity contribution is -0.276. The Kier molecular flexibility index (Phi) is 12.9. The third-order valence-corrected chi connectivity index (χ3v) is 4.59. The third-order valence-electron chi connectivity index (χ3n) is 4.59. The van der Waals surface area contributed by atoms with Crippen LogP contribution in [0.15, 0.2) is 0 Å². The molecule has 0 spiro atoms. The van der Waals surface area contributed by atoms with Crippen molar-refractivity contribution in [1.82, 2.24) is 0 Å². The summed E-state index contributed by atoms with van der Waals surface area (Å²) in [6, 6.07) is 0. The van der Waals surface area contributed by atoms with Gasteiger partial charge in [-0.2, -0.15) is 0 Å². The van der Waals surface area contributed by atoms with Gasteiger partial charge in [-0.1, -0.05) is 26.7 Å². The molecule has 1 saturated heterocycles. The van der Waals surface area contributed by atoms with E-state index in [1.165, 1.54) is 7.11 Å². The van der Waals surface area contributed by atoms with Crippen LogP contribution in [0.1, 0.15) is 72.1 Å². The average molecular weight is 375 g/mol. The van der Waals surface area contributed by atoms with Gasteiger partial charge < -0.3 is 23.7 Å². The topological polar surface area (TPSA) is 63.2 Å². The predicted octanol–water partition coefficient (Wildman–Crippen LogP) is 3.85. The first kappa shape index (κ1) is 23.3. The molecule has 0 radical (unpaired) electrons. The monoisotopic (exact) mass is 374 g/mol. The van der Waals surface area contributed by atoms with E-state index in [2.05, 4.69) is 18.6 Å². The molecule has 0 saturated carbocycles. The van der Waals surface area contributed by atoms with E-state index in [0.29, 0.717) is 19.6 Å². The predicted molar refractivity (Wildman–Crippen MR) is 100 cm³/mol. The number of hydrogen-bond acceptors (Lipinski definition) is 6. The van der Waals surface area contributed by atoms with Crippen LogP contribution in [0.5, 0.6) is 0 Å². The molecule has 1 aliphatic rings. The Balaban J connectivity index is 2.42. The Morgan fingerprint density at radius 3 is 2.15 bits per heavy atom. The summed E-state index contributed by atoms with van der Waals surface area (Å²) >= 11 is 0. The van der Waals surface area contributed by atoms with Gasteiger partial charge >= 0.3 is 5.97 Å². The van der Waals surface area contributed by atoms with Gasteiger partial charge in [-0.15, -0.1) is 0 Å². The smallest absolute Gasteiger partial charge is 0.305 e. The Bertz CT molecular complexity index is 362. The van der Waals surface area contributed by atoms with Crippen molar-refractivity contribution in [3.8, 4) is 0 Å². The maximum Gasteiger partial charge on any atom is 0.305 e. The molecule has 4 atom stereocenters. The molecule has 0 aromatic heterocycles. The van der Waals surface area contributed by atoms with Gasteiger partial charge in [0.1, 0.15) is 6.10 Å². The van der Waals surface area contributed by atoms with E-state index in [0.717, 1.165) is 51.6 Å². The van der Waals surface area contributed by atoms with Gasteiger partial charge in [-0.25, -0.2) is 0 Å². The van der Waals surface area contributed by atoms with Crippen LogP contribution in [0.3, 0.4) is 0 Å². The minimum atomic E-state index is -0.369. The summed E-state index contributed by atoms with van der Waals surface area (Å²) in [5.74, 6) is -0.180. The minimum absolute atomic E-state index is 0.0158. The van der Waals surface area contributed by atoms with E-state index in [1.807, 2.05) is 6.92 Å². The van der Waals surface area contributed by atoms with Crippen molar-refractivity contribution < 1.29 is 28.5 Å². The Labute approximate surface area is 158 Å². The number of methoxy groups -OCH3 is 1. The van der Waals surface area contributed by atoms with Gasteiger partial charge in [0.25, 0.3) is 0 Å². The van der Waals surface area contributed by atoms with Gasteiger partial charge in [0.15, 0.2) is 6.29 Å². The minimum Gasteiger partial charge on any atom is -0.469 e. The highest BCUT2D eigenvalue weighted by atomic mass is 16.7. The second kappa shape index (κ2) is 14.4. The van der Waals surface area contributed by atoms with E-state index in [-0.39, 0.29) is 30.6 Å². The number of carbonyl (C=O) groups is 1. The van der Waals surface area contributed by atoms with Gasteiger partial charge in [0.2, 0.25) is 0 Å². The first-order valence-corrected chi connectivity index (χ1v) is 10.2. The van der Waals surface area contributed by atoms with Crippen LogP contribution in [0.2, 0.25) is 0 Å². The summed E-state index contributed by atoms with van der Waals surface area (Å²) in [5, 5.41) is 0. The number of unbranched alkanes of at least 4 members (excludes halogenated alkanes) is 3. The van der Waals surface area contributed by atoms with Crippen molar-refractivity contribution in [2.24, 2.45) is 0 Å². The lowest BCUT2D eigenvalue weighted by atomic mass is 10.0. The van der Waals surface area contributed by atoms with Crippen LogP contribution in [0.25, 0.3) is 0 Å². The summed E-state index contributed by atoms with van der Waals surface area (Å²) in [4.78, 5) is 11.1. The molecule has 1 aliphatic heterocycles. The summed E-state index contributed by atoms with van der Waals surface area (Å²) in [7, 11) is 1.41. The normalized spacial score (nSPS) is 26.0. The number of esters is 1. The van der Waals surface area contributed by atoms with Crippen LogP contribution >= 0.6 is 0 Å². The first-order valence-electron chi connectivity index (χ1n) is 10.2. The summed E-state index contributed by atoms with van der Waals surface area (Å²) < 4.78 is 28.7. The number of carbonyl (C=O) groups excluding carboxylic acids is 1. The van der Waals surface area contributed by atoms with Gasteiger partial charge in [-0.05, 0) is 32.6 Å². The maximum absolute atomic E-state index is 11.1. The van der Waals surface area contributed by atoms with Crippen LogP contribution < -0.4 is 0 Å². The van der Waals surface area contributed by atoms with E-state index in [9.17, 15) is 4.79 Å². The molecule has 0 aromatic carbocycles.